The van der Waals surface area contributed by atoms with Gasteiger partial charge in [0.2, 0.25) is 0 Å². The number of phenolic OH excluding ortho intramolecular Hbond substituents is 1. The van der Waals surface area contributed by atoms with Crippen LogP contribution in [-0.2, 0) is 0 Å². The molecule has 244 valence electrons. The number of hydrogen-bond acceptors (Lipinski definition) is 8. The fourth-order valence-corrected chi connectivity index (χ4v) is 7.74. The lowest BCUT2D eigenvalue weighted by molar-refractivity contribution is 0.0643. The smallest absolute Gasteiger partial charge is 0.319 e. The summed E-state index contributed by atoms with van der Waals surface area (Å²) in [6.45, 7) is 4.10. The molecule has 3 aliphatic heterocycles. The van der Waals surface area contributed by atoms with Gasteiger partial charge in [0.1, 0.15) is 28.7 Å². The number of aliphatic hydroxyl groups is 1. The Morgan fingerprint density at radius 3 is 2.45 bits per heavy atom. The number of hydrogen-bond donors (Lipinski definition) is 3. The lowest BCUT2D eigenvalue weighted by Gasteiger charge is -2.34. The second kappa shape index (κ2) is 11.5. The first-order chi connectivity index (χ1) is 22.7. The number of benzene rings is 3. The molecule has 2 bridgehead atoms. The van der Waals surface area contributed by atoms with E-state index in [4.69, 9.17) is 16.1 Å². The van der Waals surface area contributed by atoms with Gasteiger partial charge in [-0.3, -0.25) is 0 Å². The van der Waals surface area contributed by atoms with E-state index >= 15 is 8.78 Å². The molecule has 47 heavy (non-hydrogen) atoms. The molecule has 3 saturated heterocycles. The van der Waals surface area contributed by atoms with Crippen LogP contribution < -0.4 is 15.0 Å². The molecule has 11 heteroatoms. The summed E-state index contributed by atoms with van der Waals surface area (Å²) in [4.78, 5) is 13.7. The van der Waals surface area contributed by atoms with Gasteiger partial charge in [-0.2, -0.15) is 9.97 Å². The summed E-state index contributed by atoms with van der Waals surface area (Å²) in [7, 11) is 0. The van der Waals surface area contributed by atoms with Crippen LogP contribution >= 0.6 is 0 Å². The van der Waals surface area contributed by atoms with Crippen LogP contribution in [0, 0.1) is 35.2 Å². The standard InChI is InChI=1S/C36H36F3N5O3/c1-2-25-28(37)6-3-20-13-24(46)14-26(30(20)25)31-29(38)15-27-33(32(31)39)41-35(42-34(27)44-16-21-4-5-22(17-44)40-21)47-19-36(9-10-36)18-43-11-7-23(45)8-12-43/h1,3,6,13-15,21-23,40,45-46H,4-5,7-12,16-19H2. The first-order valence-corrected chi connectivity index (χ1v) is 16.4. The van der Waals surface area contributed by atoms with E-state index in [1.165, 1.54) is 30.3 Å². The third kappa shape index (κ3) is 5.52. The van der Waals surface area contributed by atoms with Crippen molar-refractivity contribution in [1.29, 1.82) is 0 Å². The second-order valence-corrected chi connectivity index (χ2v) is 13.8. The number of aliphatic hydroxyl groups excluding tert-OH is 1. The Balaban J connectivity index is 1.23. The van der Waals surface area contributed by atoms with Crippen LogP contribution in [0.4, 0.5) is 19.0 Å². The molecule has 2 unspecified atom stereocenters. The van der Waals surface area contributed by atoms with Gasteiger partial charge in [0.15, 0.2) is 5.82 Å². The highest BCUT2D eigenvalue weighted by Gasteiger charge is 2.45. The Hall–Kier alpha value is -4.11. The van der Waals surface area contributed by atoms with Gasteiger partial charge in [-0.15, -0.1) is 6.42 Å². The Labute approximate surface area is 270 Å². The molecule has 4 heterocycles. The Morgan fingerprint density at radius 2 is 1.74 bits per heavy atom. The number of nitrogens with one attached hydrogen (secondary N) is 1. The molecule has 0 radical (unpaired) electrons. The van der Waals surface area contributed by atoms with Crippen molar-refractivity contribution in [3.8, 4) is 35.2 Å². The number of nitrogens with zero attached hydrogens (tertiary/aromatic N) is 4. The zero-order valence-corrected chi connectivity index (χ0v) is 25.9. The van der Waals surface area contributed by atoms with E-state index in [0.29, 0.717) is 30.9 Å². The van der Waals surface area contributed by atoms with Crippen LogP contribution in [0.25, 0.3) is 32.8 Å². The summed E-state index contributed by atoms with van der Waals surface area (Å²) in [5.41, 5.74) is -0.897. The van der Waals surface area contributed by atoms with Gasteiger partial charge < -0.3 is 30.1 Å². The van der Waals surface area contributed by atoms with Crippen molar-refractivity contribution in [2.45, 2.75) is 56.7 Å². The zero-order valence-electron chi connectivity index (χ0n) is 25.9. The van der Waals surface area contributed by atoms with Crippen molar-refractivity contribution >= 4 is 27.5 Å². The monoisotopic (exact) mass is 643 g/mol. The number of likely N-dealkylation sites (tertiary alicyclic amines) is 1. The van der Waals surface area contributed by atoms with Crippen LogP contribution in [0.1, 0.15) is 44.1 Å². The number of halogens is 3. The highest BCUT2D eigenvalue weighted by molar-refractivity contribution is 6.04. The fraction of sp³-hybridized carbons (Fsp3) is 0.444. The van der Waals surface area contributed by atoms with Gasteiger partial charge in [0, 0.05) is 66.6 Å². The quantitative estimate of drug-likeness (QED) is 0.240. The lowest BCUT2D eigenvalue weighted by Crippen LogP contribution is -2.51. The van der Waals surface area contributed by atoms with Crippen LogP contribution in [-0.4, -0.2) is 82.6 Å². The van der Waals surface area contributed by atoms with E-state index < -0.39 is 23.0 Å². The Bertz CT molecular complexity index is 1920. The molecule has 4 fully saturated rings. The number of phenols is 1. The first-order valence-electron chi connectivity index (χ1n) is 16.4. The van der Waals surface area contributed by atoms with Crippen molar-refractivity contribution < 1.29 is 28.1 Å². The van der Waals surface area contributed by atoms with Crippen LogP contribution in [0.15, 0.2) is 30.3 Å². The molecule has 0 amide bonds. The third-order valence-corrected chi connectivity index (χ3v) is 10.4. The first kappa shape index (κ1) is 30.2. The molecule has 1 aromatic heterocycles. The predicted octanol–water partition coefficient (Wildman–Crippen LogP) is 5.11. The molecule has 4 aromatic rings. The molecule has 8 nitrogen and oxygen atoms in total. The summed E-state index contributed by atoms with van der Waals surface area (Å²) in [6.07, 6.45) is 10.9. The molecule has 0 spiro atoms. The minimum absolute atomic E-state index is 0.00584. The van der Waals surface area contributed by atoms with Crippen molar-refractivity contribution in [1.82, 2.24) is 20.2 Å². The molecule has 8 rings (SSSR count). The molecule has 4 aliphatic rings. The maximum atomic E-state index is 16.9. The van der Waals surface area contributed by atoms with E-state index in [0.717, 1.165) is 58.2 Å². The normalized spacial score (nSPS) is 22.6. The van der Waals surface area contributed by atoms with E-state index in [-0.39, 0.29) is 62.8 Å². The van der Waals surface area contributed by atoms with E-state index in [9.17, 15) is 14.6 Å². The van der Waals surface area contributed by atoms with E-state index in [1.54, 1.807) is 0 Å². The molecule has 2 atom stereocenters. The van der Waals surface area contributed by atoms with Crippen LogP contribution in [0.5, 0.6) is 11.8 Å². The highest BCUT2D eigenvalue weighted by Crippen LogP contribution is 2.47. The topological polar surface area (TPSA) is 94.0 Å². The number of anilines is 1. The summed E-state index contributed by atoms with van der Waals surface area (Å²) in [5, 5.41) is 24.7. The summed E-state index contributed by atoms with van der Waals surface area (Å²) in [6, 6.07) is 6.85. The summed E-state index contributed by atoms with van der Waals surface area (Å²) >= 11 is 0. The lowest BCUT2D eigenvalue weighted by atomic mass is 9.92. The number of aromatic hydroxyl groups is 1. The summed E-state index contributed by atoms with van der Waals surface area (Å²) in [5.74, 6) is -0.127. The van der Waals surface area contributed by atoms with Crippen molar-refractivity contribution in [2.24, 2.45) is 5.41 Å². The fourth-order valence-electron chi connectivity index (χ4n) is 7.74. The zero-order chi connectivity index (χ0) is 32.4. The maximum Gasteiger partial charge on any atom is 0.319 e. The molecule has 3 N–H and O–H groups in total. The van der Waals surface area contributed by atoms with Crippen molar-refractivity contribution in [3.05, 3.63) is 53.3 Å². The predicted molar refractivity (Wildman–Crippen MR) is 173 cm³/mol. The van der Waals surface area contributed by atoms with Gasteiger partial charge in [-0.05, 0) is 68.2 Å². The number of piperidine rings is 1. The van der Waals surface area contributed by atoms with Gasteiger partial charge >= 0.3 is 6.01 Å². The number of ether oxygens (including phenoxy) is 1. The van der Waals surface area contributed by atoms with E-state index in [2.05, 4.69) is 26.0 Å². The number of fused-ring (bicyclic) bond motifs is 4. The van der Waals surface area contributed by atoms with Gasteiger partial charge in [-0.1, -0.05) is 12.0 Å². The third-order valence-electron chi connectivity index (χ3n) is 10.4. The van der Waals surface area contributed by atoms with Crippen molar-refractivity contribution in [2.75, 3.05) is 44.2 Å². The molecular weight excluding hydrogens is 607 g/mol. The largest absolute Gasteiger partial charge is 0.508 e. The highest BCUT2D eigenvalue weighted by atomic mass is 19.1. The minimum Gasteiger partial charge on any atom is -0.508 e. The van der Waals surface area contributed by atoms with Crippen LogP contribution in [0.2, 0.25) is 0 Å². The van der Waals surface area contributed by atoms with Crippen LogP contribution in [0.3, 0.4) is 0 Å². The van der Waals surface area contributed by atoms with Crippen molar-refractivity contribution in [3.63, 3.8) is 0 Å². The minimum atomic E-state index is -0.973. The van der Waals surface area contributed by atoms with E-state index in [1.807, 2.05) is 0 Å². The average Bonchev–Trinajstić information content (AvgIpc) is 3.74. The molecule has 3 aromatic carbocycles. The number of piperazine rings is 1. The molecular formula is C36H36F3N5O3. The summed E-state index contributed by atoms with van der Waals surface area (Å²) < 4.78 is 54.2. The van der Waals surface area contributed by atoms with Gasteiger partial charge in [0.25, 0.3) is 0 Å². The SMILES string of the molecule is C#Cc1c(F)ccc2cc(O)cc(-c3c(F)cc4c(N5CC6CCC(C5)N6)nc(OCC5(CN6CCC(O)CC6)CC5)nc4c3F)c12. The Kier molecular flexibility index (Phi) is 7.43. The maximum absolute atomic E-state index is 16.9. The number of rotatable bonds is 7. The molecule has 1 aliphatic carbocycles. The number of aromatic nitrogens is 2. The van der Waals surface area contributed by atoms with Gasteiger partial charge in [0.05, 0.1) is 23.8 Å². The Morgan fingerprint density at radius 1 is 1.00 bits per heavy atom. The molecule has 1 saturated carbocycles. The second-order valence-electron chi connectivity index (χ2n) is 13.8. The van der Waals surface area contributed by atoms with Gasteiger partial charge in [-0.25, -0.2) is 13.2 Å². The number of terminal acetylenes is 1. The average molecular weight is 644 g/mol.